The Labute approximate surface area is 143 Å². The zero-order chi connectivity index (χ0) is 17.3. The zero-order valence-corrected chi connectivity index (χ0v) is 15.0. The number of ether oxygens (including phenoxy) is 1. The highest BCUT2D eigenvalue weighted by Gasteiger charge is 2.58. The number of benzene rings is 1. The molecule has 1 aliphatic carbocycles. The van der Waals surface area contributed by atoms with Crippen molar-refractivity contribution in [2.24, 2.45) is 5.92 Å². The van der Waals surface area contributed by atoms with Crippen LogP contribution in [0.3, 0.4) is 0 Å². The van der Waals surface area contributed by atoms with Crippen LogP contribution in [0.25, 0.3) is 5.57 Å². The third-order valence-electron chi connectivity index (χ3n) is 4.30. The molecule has 1 aromatic rings. The van der Waals surface area contributed by atoms with Crippen LogP contribution in [0.1, 0.15) is 31.4 Å². The van der Waals surface area contributed by atoms with E-state index in [-0.39, 0.29) is 17.9 Å². The van der Waals surface area contributed by atoms with E-state index in [9.17, 15) is 13.2 Å². The molecule has 1 atom stereocenters. The van der Waals surface area contributed by atoms with Crippen LogP contribution in [0.2, 0.25) is 0 Å². The van der Waals surface area contributed by atoms with Gasteiger partial charge in [0, 0.05) is 24.4 Å². The Balaban J connectivity index is 2.70. The summed E-state index contributed by atoms with van der Waals surface area (Å²) in [6.07, 6.45) is -1.41. The van der Waals surface area contributed by atoms with Gasteiger partial charge < -0.3 is 4.74 Å². The van der Waals surface area contributed by atoms with Gasteiger partial charge in [0.2, 0.25) is 0 Å². The summed E-state index contributed by atoms with van der Waals surface area (Å²) in [4.78, 5) is 0. The van der Waals surface area contributed by atoms with Crippen LogP contribution in [0.15, 0.2) is 42.0 Å². The fourth-order valence-electron chi connectivity index (χ4n) is 2.89. The van der Waals surface area contributed by atoms with Crippen molar-refractivity contribution in [2.75, 3.05) is 7.11 Å². The Bertz CT molecular complexity index is 631. The molecule has 126 valence electrons. The van der Waals surface area contributed by atoms with Gasteiger partial charge in [0.25, 0.3) is 0 Å². The van der Waals surface area contributed by atoms with E-state index in [1.807, 2.05) is 26.0 Å². The minimum Gasteiger partial charge on any atom is -0.364 e. The molecule has 0 aliphatic heterocycles. The second-order valence-electron chi connectivity index (χ2n) is 5.94. The van der Waals surface area contributed by atoms with Crippen molar-refractivity contribution in [2.45, 2.75) is 37.4 Å². The van der Waals surface area contributed by atoms with Crippen LogP contribution >= 0.6 is 15.9 Å². The maximum Gasteiger partial charge on any atom is 0.422 e. The highest BCUT2D eigenvalue weighted by molar-refractivity contribution is 9.08. The van der Waals surface area contributed by atoms with Gasteiger partial charge >= 0.3 is 6.18 Å². The summed E-state index contributed by atoms with van der Waals surface area (Å²) >= 11 is 3.37. The highest BCUT2D eigenvalue weighted by atomic mass is 79.9. The van der Waals surface area contributed by atoms with Crippen LogP contribution < -0.4 is 0 Å². The maximum absolute atomic E-state index is 13.9. The molecule has 0 bridgehead atoms. The number of halogens is 4. The molecule has 0 saturated heterocycles. The van der Waals surface area contributed by atoms with Crippen molar-refractivity contribution in [1.82, 2.24) is 0 Å². The smallest absolute Gasteiger partial charge is 0.364 e. The summed E-state index contributed by atoms with van der Waals surface area (Å²) in [5, 5.41) is 0.485. The number of hydrogen-bond acceptors (Lipinski definition) is 1. The van der Waals surface area contributed by atoms with Crippen LogP contribution in [0.5, 0.6) is 0 Å². The fourth-order valence-corrected chi connectivity index (χ4v) is 3.38. The summed E-state index contributed by atoms with van der Waals surface area (Å²) in [7, 11) is 1.13. The van der Waals surface area contributed by atoms with Gasteiger partial charge in [0.1, 0.15) is 0 Å². The van der Waals surface area contributed by atoms with Crippen molar-refractivity contribution >= 4 is 21.5 Å². The van der Waals surface area contributed by atoms with E-state index in [2.05, 4.69) is 15.9 Å². The molecule has 23 heavy (non-hydrogen) atoms. The number of methoxy groups -OCH3 is 1. The lowest BCUT2D eigenvalue weighted by Gasteiger charge is -2.39. The van der Waals surface area contributed by atoms with E-state index in [0.717, 1.165) is 18.2 Å². The first-order chi connectivity index (χ1) is 10.8. The van der Waals surface area contributed by atoms with E-state index >= 15 is 0 Å². The topological polar surface area (TPSA) is 9.23 Å². The van der Waals surface area contributed by atoms with Gasteiger partial charge in [-0.3, -0.25) is 0 Å². The van der Waals surface area contributed by atoms with Gasteiger partial charge in [0.05, 0.1) is 0 Å². The average molecular weight is 389 g/mol. The molecule has 1 nitrogen and oxygen atoms in total. The monoisotopic (exact) mass is 388 g/mol. The Kier molecular flexibility index (Phi) is 5.41. The van der Waals surface area contributed by atoms with E-state index in [1.165, 1.54) is 0 Å². The van der Waals surface area contributed by atoms with Gasteiger partial charge in [0.15, 0.2) is 5.60 Å². The molecule has 0 amide bonds. The Hall–Kier alpha value is -1.07. The Morgan fingerprint density at radius 2 is 1.91 bits per heavy atom. The molecule has 0 N–H and O–H groups in total. The zero-order valence-electron chi connectivity index (χ0n) is 13.4. The molecule has 2 rings (SSSR count). The van der Waals surface area contributed by atoms with Crippen molar-refractivity contribution in [1.29, 1.82) is 0 Å². The molecule has 0 aromatic heterocycles. The molecule has 1 aromatic carbocycles. The van der Waals surface area contributed by atoms with Gasteiger partial charge in [-0.1, -0.05) is 66.2 Å². The molecule has 0 heterocycles. The maximum atomic E-state index is 13.9. The van der Waals surface area contributed by atoms with Crippen molar-refractivity contribution < 1.29 is 17.9 Å². The summed E-state index contributed by atoms with van der Waals surface area (Å²) in [5.74, 6) is 0.157. The van der Waals surface area contributed by atoms with E-state index < -0.39 is 11.8 Å². The van der Waals surface area contributed by atoms with Gasteiger partial charge in [-0.15, -0.1) is 0 Å². The third kappa shape index (κ3) is 3.26. The number of alkyl halides is 4. The average Bonchev–Trinajstić information content (AvgIpc) is 2.52. The normalized spacial score (nSPS) is 22.1. The minimum absolute atomic E-state index is 0.157. The van der Waals surface area contributed by atoms with Crippen molar-refractivity contribution in [3.8, 4) is 0 Å². The standard InChI is InChI=1S/C18H20BrF3O/c1-12(2)13-8-9-17(23-3,18(20,21)22)16(10-13)15-7-5-4-6-14(15)11-19/h4-8,10,12H,9,11H2,1-3H3. The fraction of sp³-hybridized carbons (Fsp3) is 0.444. The SMILES string of the molecule is COC1(C(F)(F)F)CC=C(C(C)C)C=C1c1ccccc1CBr. The van der Waals surface area contributed by atoms with Crippen molar-refractivity contribution in [3.05, 3.63) is 53.1 Å². The third-order valence-corrected chi connectivity index (χ3v) is 4.90. The van der Waals surface area contributed by atoms with E-state index in [4.69, 9.17) is 4.74 Å². The van der Waals surface area contributed by atoms with Gasteiger partial charge in [-0.25, -0.2) is 0 Å². The second kappa shape index (κ2) is 6.81. The molecular weight excluding hydrogens is 369 g/mol. The number of allylic oxidation sites excluding steroid dienone is 2. The molecular formula is C18H20BrF3O. The van der Waals surface area contributed by atoms with E-state index in [0.29, 0.717) is 10.9 Å². The predicted octanol–water partition coefficient (Wildman–Crippen LogP) is 5.90. The number of hydrogen-bond donors (Lipinski definition) is 0. The molecule has 1 aliphatic rings. The lowest BCUT2D eigenvalue weighted by molar-refractivity contribution is -0.243. The minimum atomic E-state index is -4.49. The predicted molar refractivity (Wildman–Crippen MR) is 90.4 cm³/mol. The molecule has 1 unspecified atom stereocenters. The lowest BCUT2D eigenvalue weighted by Crippen LogP contribution is -2.48. The Morgan fingerprint density at radius 3 is 2.43 bits per heavy atom. The summed E-state index contributed by atoms with van der Waals surface area (Å²) in [6, 6.07) is 7.14. The first kappa shape index (κ1) is 18.3. The summed E-state index contributed by atoms with van der Waals surface area (Å²) in [5.41, 5.74) is 0.184. The van der Waals surface area contributed by atoms with E-state index in [1.54, 1.807) is 24.3 Å². The van der Waals surface area contributed by atoms with Gasteiger partial charge in [-0.05, 0) is 22.6 Å². The molecule has 5 heteroatoms. The van der Waals surface area contributed by atoms with Crippen LogP contribution in [0, 0.1) is 5.92 Å². The van der Waals surface area contributed by atoms with Crippen LogP contribution in [-0.4, -0.2) is 18.9 Å². The summed E-state index contributed by atoms with van der Waals surface area (Å²) < 4.78 is 46.8. The first-order valence-corrected chi connectivity index (χ1v) is 8.57. The first-order valence-electron chi connectivity index (χ1n) is 7.45. The molecule has 0 radical (unpaired) electrons. The van der Waals surface area contributed by atoms with Crippen LogP contribution in [0.4, 0.5) is 13.2 Å². The quantitative estimate of drug-likeness (QED) is 0.583. The van der Waals surface area contributed by atoms with Crippen molar-refractivity contribution in [3.63, 3.8) is 0 Å². The number of rotatable bonds is 4. The van der Waals surface area contributed by atoms with Gasteiger partial charge in [-0.2, -0.15) is 13.2 Å². The molecule has 0 fully saturated rings. The largest absolute Gasteiger partial charge is 0.422 e. The Morgan fingerprint density at radius 1 is 1.26 bits per heavy atom. The highest BCUT2D eigenvalue weighted by Crippen LogP contribution is 2.49. The second-order valence-corrected chi connectivity index (χ2v) is 6.50. The lowest BCUT2D eigenvalue weighted by atomic mass is 9.76. The molecule has 0 spiro atoms. The summed E-state index contributed by atoms with van der Waals surface area (Å²) in [6.45, 7) is 3.95. The molecule has 0 saturated carbocycles. The van der Waals surface area contributed by atoms with Crippen LogP contribution in [-0.2, 0) is 10.1 Å².